The monoisotopic (exact) mass is 311 g/mol. The Labute approximate surface area is 127 Å². The van der Waals surface area contributed by atoms with Gasteiger partial charge in [-0.15, -0.1) is 11.3 Å². The van der Waals surface area contributed by atoms with Crippen LogP contribution in [0.4, 0.5) is 0 Å². The molecule has 0 aromatic carbocycles. The van der Waals surface area contributed by atoms with Crippen LogP contribution in [-0.2, 0) is 4.79 Å². The largest absolute Gasteiger partial charge is 0.481 e. The second-order valence-corrected chi connectivity index (χ2v) is 6.52. The number of nitrogens with one attached hydrogen (secondary N) is 1. The standard InChI is InChI=1S/C14H21N3O3S/c1-8(15)13-17-11(7-21-13)12(18)16-6-9-2-4-10(5-3-9)14(19)20/h7-10H,2-6,15H2,1H3,(H,16,18)(H,19,20). The fourth-order valence-corrected chi connectivity index (χ4v) is 3.30. The molecule has 21 heavy (non-hydrogen) atoms. The normalized spacial score (nSPS) is 23.5. The fraction of sp³-hybridized carbons (Fsp3) is 0.643. The predicted molar refractivity (Wildman–Crippen MR) is 80.1 cm³/mol. The van der Waals surface area contributed by atoms with Gasteiger partial charge in [0, 0.05) is 11.9 Å². The maximum atomic E-state index is 12.0. The summed E-state index contributed by atoms with van der Waals surface area (Å²) in [5, 5.41) is 14.3. The molecule has 0 saturated heterocycles. The van der Waals surface area contributed by atoms with Crippen LogP contribution in [0, 0.1) is 11.8 Å². The summed E-state index contributed by atoms with van der Waals surface area (Å²) in [6.07, 6.45) is 3.08. The number of carbonyl (C=O) groups is 2. The number of carbonyl (C=O) groups excluding carboxylic acids is 1. The van der Waals surface area contributed by atoms with Crippen LogP contribution in [-0.4, -0.2) is 28.5 Å². The second kappa shape index (κ2) is 7.00. The first-order valence-corrected chi connectivity index (χ1v) is 8.07. The van der Waals surface area contributed by atoms with E-state index in [4.69, 9.17) is 10.8 Å². The third-order valence-corrected chi connectivity index (χ3v) is 4.94. The molecule has 4 N–H and O–H groups in total. The number of aliphatic carboxylic acids is 1. The highest BCUT2D eigenvalue weighted by atomic mass is 32.1. The summed E-state index contributed by atoms with van der Waals surface area (Å²) in [5.74, 6) is -0.748. The van der Waals surface area contributed by atoms with E-state index in [9.17, 15) is 9.59 Å². The number of rotatable bonds is 5. The molecule has 116 valence electrons. The van der Waals surface area contributed by atoms with Crippen molar-refractivity contribution in [1.82, 2.24) is 10.3 Å². The third kappa shape index (κ3) is 4.25. The summed E-state index contributed by atoms with van der Waals surface area (Å²) in [7, 11) is 0. The van der Waals surface area contributed by atoms with Crippen LogP contribution < -0.4 is 11.1 Å². The van der Waals surface area contributed by atoms with E-state index in [1.165, 1.54) is 11.3 Å². The number of carboxylic acid groups (broad SMARTS) is 1. The molecule has 0 bridgehead atoms. The van der Waals surface area contributed by atoms with Gasteiger partial charge < -0.3 is 16.2 Å². The van der Waals surface area contributed by atoms with Crippen LogP contribution in [0.2, 0.25) is 0 Å². The van der Waals surface area contributed by atoms with Crippen molar-refractivity contribution in [1.29, 1.82) is 0 Å². The quantitative estimate of drug-likeness (QED) is 0.768. The summed E-state index contributed by atoms with van der Waals surface area (Å²) < 4.78 is 0. The van der Waals surface area contributed by atoms with E-state index >= 15 is 0 Å². The van der Waals surface area contributed by atoms with Gasteiger partial charge in [-0.1, -0.05) is 0 Å². The highest BCUT2D eigenvalue weighted by Gasteiger charge is 2.26. The SMILES string of the molecule is CC(N)c1nc(C(=O)NCC2CCC(C(=O)O)CC2)cs1. The van der Waals surface area contributed by atoms with Gasteiger partial charge >= 0.3 is 5.97 Å². The van der Waals surface area contributed by atoms with Crippen LogP contribution in [0.1, 0.15) is 54.1 Å². The third-order valence-electron chi connectivity index (χ3n) is 3.89. The molecule has 2 rings (SSSR count). The molecule has 0 aliphatic heterocycles. The number of amides is 1. The minimum absolute atomic E-state index is 0.164. The van der Waals surface area contributed by atoms with E-state index in [1.807, 2.05) is 6.92 Å². The zero-order chi connectivity index (χ0) is 15.4. The average Bonchev–Trinajstić information content (AvgIpc) is 2.95. The van der Waals surface area contributed by atoms with E-state index in [0.717, 1.165) is 17.8 Å². The first kappa shape index (κ1) is 15.9. The summed E-state index contributed by atoms with van der Waals surface area (Å²) in [4.78, 5) is 27.1. The van der Waals surface area contributed by atoms with Crippen molar-refractivity contribution in [3.8, 4) is 0 Å². The van der Waals surface area contributed by atoms with E-state index in [2.05, 4.69) is 10.3 Å². The van der Waals surface area contributed by atoms with Gasteiger partial charge in [-0.3, -0.25) is 9.59 Å². The van der Waals surface area contributed by atoms with Crippen molar-refractivity contribution in [2.24, 2.45) is 17.6 Å². The van der Waals surface area contributed by atoms with Crippen molar-refractivity contribution >= 4 is 23.2 Å². The lowest BCUT2D eigenvalue weighted by atomic mass is 9.82. The Balaban J connectivity index is 1.78. The van der Waals surface area contributed by atoms with Gasteiger partial charge in [-0.2, -0.15) is 0 Å². The molecule has 6 nitrogen and oxygen atoms in total. The predicted octanol–water partition coefficient (Wildman–Crippen LogP) is 1.78. The summed E-state index contributed by atoms with van der Waals surface area (Å²) in [5.41, 5.74) is 6.13. The van der Waals surface area contributed by atoms with Gasteiger partial charge in [-0.05, 0) is 38.5 Å². The maximum absolute atomic E-state index is 12.0. The smallest absolute Gasteiger partial charge is 0.306 e. The van der Waals surface area contributed by atoms with Crippen molar-refractivity contribution in [2.45, 2.75) is 38.6 Å². The first-order chi connectivity index (χ1) is 9.97. The molecule has 1 saturated carbocycles. The summed E-state index contributed by atoms with van der Waals surface area (Å²) in [6.45, 7) is 2.41. The van der Waals surface area contributed by atoms with Crippen LogP contribution in [0.5, 0.6) is 0 Å². The van der Waals surface area contributed by atoms with Gasteiger partial charge in [0.25, 0.3) is 5.91 Å². The molecule has 1 aromatic rings. The number of carboxylic acids is 1. The average molecular weight is 311 g/mol. The number of hydrogen-bond acceptors (Lipinski definition) is 5. The van der Waals surface area contributed by atoms with Crippen molar-refractivity contribution in [2.75, 3.05) is 6.54 Å². The number of nitrogens with zero attached hydrogens (tertiary/aromatic N) is 1. The summed E-state index contributed by atoms with van der Waals surface area (Å²) in [6, 6.07) is -0.164. The minimum Gasteiger partial charge on any atom is -0.481 e. The van der Waals surface area contributed by atoms with Crippen LogP contribution >= 0.6 is 11.3 Å². The Morgan fingerprint density at radius 3 is 2.67 bits per heavy atom. The molecular formula is C14H21N3O3S. The lowest BCUT2D eigenvalue weighted by Gasteiger charge is -2.26. The molecule has 1 unspecified atom stereocenters. The lowest BCUT2D eigenvalue weighted by Crippen LogP contribution is -2.32. The molecule has 0 radical (unpaired) electrons. The van der Waals surface area contributed by atoms with Crippen LogP contribution in [0.15, 0.2) is 5.38 Å². The number of hydrogen-bond donors (Lipinski definition) is 3. The van der Waals surface area contributed by atoms with Gasteiger partial charge in [0.1, 0.15) is 10.7 Å². The lowest BCUT2D eigenvalue weighted by molar-refractivity contribution is -0.143. The Bertz CT molecular complexity index is 507. The molecule has 1 aliphatic carbocycles. The Hall–Kier alpha value is -1.47. The zero-order valence-electron chi connectivity index (χ0n) is 12.0. The number of nitrogens with two attached hydrogens (primary N) is 1. The van der Waals surface area contributed by atoms with E-state index in [1.54, 1.807) is 5.38 Å². The number of thiazole rings is 1. The fourth-order valence-electron chi connectivity index (χ4n) is 2.54. The van der Waals surface area contributed by atoms with Gasteiger partial charge in [0.2, 0.25) is 0 Å². The highest BCUT2D eigenvalue weighted by molar-refractivity contribution is 7.09. The molecule has 1 aromatic heterocycles. The first-order valence-electron chi connectivity index (χ1n) is 7.19. The van der Waals surface area contributed by atoms with E-state index in [0.29, 0.717) is 31.0 Å². The van der Waals surface area contributed by atoms with Crippen LogP contribution in [0.25, 0.3) is 0 Å². The van der Waals surface area contributed by atoms with Crippen molar-refractivity contribution in [3.63, 3.8) is 0 Å². The molecule has 1 atom stereocenters. The van der Waals surface area contributed by atoms with Gasteiger partial charge in [0.15, 0.2) is 0 Å². The van der Waals surface area contributed by atoms with Gasteiger partial charge in [-0.25, -0.2) is 4.98 Å². The maximum Gasteiger partial charge on any atom is 0.306 e. The molecular weight excluding hydrogens is 290 g/mol. The molecule has 1 amide bonds. The zero-order valence-corrected chi connectivity index (χ0v) is 12.9. The van der Waals surface area contributed by atoms with E-state index < -0.39 is 5.97 Å². The molecule has 1 heterocycles. The molecule has 0 spiro atoms. The Morgan fingerprint density at radius 2 is 2.14 bits per heavy atom. The van der Waals surface area contributed by atoms with Crippen LogP contribution in [0.3, 0.4) is 0 Å². The number of aromatic nitrogens is 1. The Kier molecular flexibility index (Phi) is 5.30. The topological polar surface area (TPSA) is 105 Å². The van der Waals surface area contributed by atoms with Gasteiger partial charge in [0.05, 0.1) is 12.0 Å². The Morgan fingerprint density at radius 1 is 1.48 bits per heavy atom. The molecule has 1 aliphatic rings. The van der Waals surface area contributed by atoms with E-state index in [-0.39, 0.29) is 17.9 Å². The van der Waals surface area contributed by atoms with Crippen molar-refractivity contribution in [3.05, 3.63) is 16.1 Å². The summed E-state index contributed by atoms with van der Waals surface area (Å²) >= 11 is 1.39. The second-order valence-electron chi connectivity index (χ2n) is 5.63. The van der Waals surface area contributed by atoms with Crippen molar-refractivity contribution < 1.29 is 14.7 Å². The molecule has 7 heteroatoms. The highest BCUT2D eigenvalue weighted by Crippen LogP contribution is 2.28. The molecule has 1 fully saturated rings. The minimum atomic E-state index is -0.705.